The smallest absolute Gasteiger partial charge is 0.0946 e. The van der Waals surface area contributed by atoms with E-state index in [0.717, 1.165) is 19.8 Å². The van der Waals surface area contributed by atoms with Gasteiger partial charge in [-0.05, 0) is 6.92 Å². The van der Waals surface area contributed by atoms with Crippen LogP contribution >= 0.6 is 0 Å². The summed E-state index contributed by atoms with van der Waals surface area (Å²) >= 11 is 0. The third kappa shape index (κ3) is 2.29. The molecule has 1 saturated heterocycles. The molecule has 1 fully saturated rings. The van der Waals surface area contributed by atoms with E-state index in [-0.39, 0.29) is 0 Å². The van der Waals surface area contributed by atoms with Gasteiger partial charge >= 0.3 is 0 Å². The van der Waals surface area contributed by atoms with Gasteiger partial charge in [-0.2, -0.15) is 0 Å². The summed E-state index contributed by atoms with van der Waals surface area (Å²) in [5.41, 5.74) is 0. The second kappa shape index (κ2) is 3.89. The van der Waals surface area contributed by atoms with Crippen molar-refractivity contribution in [3.05, 3.63) is 18.7 Å². The number of aromatic nitrogens is 2. The van der Waals surface area contributed by atoms with E-state index in [2.05, 4.69) is 21.8 Å². The maximum absolute atomic E-state index is 5.09. The van der Waals surface area contributed by atoms with Crippen molar-refractivity contribution in [2.24, 2.45) is 0 Å². The lowest BCUT2D eigenvalue weighted by Gasteiger charge is -2.30. The molecule has 0 aromatic carbocycles. The molecule has 0 saturated carbocycles. The maximum Gasteiger partial charge on any atom is 0.0946 e. The highest BCUT2D eigenvalue weighted by molar-refractivity contribution is 4.80. The minimum absolute atomic E-state index is 0.475. The standard InChI is InChI=1S/C9H15N3O/c1-8(11-9-5-13-6-9)4-12-3-2-10-7-12/h2-3,7-9,11H,4-6H2,1H3. The van der Waals surface area contributed by atoms with Crippen molar-refractivity contribution in [1.29, 1.82) is 0 Å². The Hall–Kier alpha value is -0.870. The second-order valence-corrected chi connectivity index (χ2v) is 3.56. The maximum atomic E-state index is 5.09. The molecular formula is C9H15N3O. The molecule has 0 spiro atoms. The number of nitrogens with one attached hydrogen (secondary N) is 1. The van der Waals surface area contributed by atoms with Gasteiger partial charge in [0.2, 0.25) is 0 Å². The van der Waals surface area contributed by atoms with E-state index in [1.807, 2.05) is 12.5 Å². The minimum Gasteiger partial charge on any atom is -0.378 e. The van der Waals surface area contributed by atoms with Crippen molar-refractivity contribution in [2.45, 2.75) is 25.6 Å². The van der Waals surface area contributed by atoms with Gasteiger partial charge in [-0.1, -0.05) is 0 Å². The van der Waals surface area contributed by atoms with E-state index in [1.54, 1.807) is 6.20 Å². The lowest BCUT2D eigenvalue weighted by molar-refractivity contribution is -0.00986. The highest BCUT2D eigenvalue weighted by Crippen LogP contribution is 2.02. The highest BCUT2D eigenvalue weighted by Gasteiger charge is 2.19. The van der Waals surface area contributed by atoms with Gasteiger partial charge in [-0.25, -0.2) is 4.98 Å². The Morgan fingerprint density at radius 3 is 3.08 bits per heavy atom. The first kappa shape index (κ1) is 8.72. The van der Waals surface area contributed by atoms with Crippen LogP contribution in [0.4, 0.5) is 0 Å². The molecule has 1 aliphatic rings. The first-order valence-electron chi connectivity index (χ1n) is 4.64. The van der Waals surface area contributed by atoms with Crippen molar-refractivity contribution in [3.63, 3.8) is 0 Å². The van der Waals surface area contributed by atoms with Gasteiger partial charge in [-0.15, -0.1) is 0 Å². The first-order valence-corrected chi connectivity index (χ1v) is 4.64. The van der Waals surface area contributed by atoms with E-state index >= 15 is 0 Å². The molecule has 0 bridgehead atoms. The van der Waals surface area contributed by atoms with Crippen molar-refractivity contribution in [1.82, 2.24) is 14.9 Å². The van der Waals surface area contributed by atoms with Gasteiger partial charge in [0, 0.05) is 25.0 Å². The highest BCUT2D eigenvalue weighted by atomic mass is 16.5. The van der Waals surface area contributed by atoms with Gasteiger partial charge in [0.25, 0.3) is 0 Å². The Morgan fingerprint density at radius 1 is 1.69 bits per heavy atom. The van der Waals surface area contributed by atoms with Crippen molar-refractivity contribution in [3.8, 4) is 0 Å². The predicted octanol–water partition coefficient (Wildman–Crippen LogP) is 0.260. The van der Waals surface area contributed by atoms with Crippen LogP contribution in [0.5, 0.6) is 0 Å². The number of hydrogen-bond acceptors (Lipinski definition) is 3. The van der Waals surface area contributed by atoms with Crippen LogP contribution in [0.25, 0.3) is 0 Å². The molecule has 1 atom stereocenters. The average Bonchev–Trinajstić information content (AvgIpc) is 2.49. The largest absolute Gasteiger partial charge is 0.378 e. The third-order valence-corrected chi connectivity index (χ3v) is 2.20. The van der Waals surface area contributed by atoms with Gasteiger partial charge in [0.1, 0.15) is 0 Å². The monoisotopic (exact) mass is 181 g/mol. The molecule has 13 heavy (non-hydrogen) atoms. The number of rotatable bonds is 4. The van der Waals surface area contributed by atoms with Crippen LogP contribution in [-0.2, 0) is 11.3 Å². The van der Waals surface area contributed by atoms with E-state index in [9.17, 15) is 0 Å². The third-order valence-electron chi connectivity index (χ3n) is 2.20. The Morgan fingerprint density at radius 2 is 2.54 bits per heavy atom. The summed E-state index contributed by atoms with van der Waals surface area (Å²) in [5.74, 6) is 0. The van der Waals surface area contributed by atoms with Gasteiger partial charge in [0.15, 0.2) is 0 Å². The molecular weight excluding hydrogens is 166 g/mol. The van der Waals surface area contributed by atoms with Crippen LogP contribution in [0, 0.1) is 0 Å². The summed E-state index contributed by atoms with van der Waals surface area (Å²) in [6, 6.07) is 1.03. The van der Waals surface area contributed by atoms with Crippen LogP contribution < -0.4 is 5.32 Å². The molecule has 2 heterocycles. The Kier molecular flexibility index (Phi) is 2.61. The van der Waals surface area contributed by atoms with E-state index < -0.39 is 0 Å². The number of nitrogens with zero attached hydrogens (tertiary/aromatic N) is 2. The SMILES string of the molecule is CC(Cn1ccnc1)NC1COC1. The normalized spacial score (nSPS) is 19.8. The summed E-state index contributed by atoms with van der Waals surface area (Å²) in [4.78, 5) is 4.00. The van der Waals surface area contributed by atoms with Crippen LogP contribution in [0.3, 0.4) is 0 Å². The van der Waals surface area contributed by atoms with Crippen molar-refractivity contribution >= 4 is 0 Å². The molecule has 72 valence electrons. The second-order valence-electron chi connectivity index (χ2n) is 3.56. The fourth-order valence-corrected chi connectivity index (χ4v) is 1.50. The van der Waals surface area contributed by atoms with Crippen molar-refractivity contribution < 1.29 is 4.74 Å². The molecule has 0 amide bonds. The zero-order valence-electron chi connectivity index (χ0n) is 7.81. The zero-order chi connectivity index (χ0) is 9.10. The van der Waals surface area contributed by atoms with E-state index in [4.69, 9.17) is 4.74 Å². The van der Waals surface area contributed by atoms with Crippen LogP contribution in [0.1, 0.15) is 6.92 Å². The molecule has 0 radical (unpaired) electrons. The predicted molar refractivity (Wildman–Crippen MR) is 49.4 cm³/mol. The summed E-state index contributed by atoms with van der Waals surface area (Å²) in [6.45, 7) is 4.86. The van der Waals surface area contributed by atoms with E-state index in [1.165, 1.54) is 0 Å². The topological polar surface area (TPSA) is 39.1 Å². The molecule has 4 nitrogen and oxygen atoms in total. The molecule has 1 aromatic heterocycles. The molecule has 1 N–H and O–H groups in total. The number of ether oxygens (including phenoxy) is 1. The molecule has 1 unspecified atom stereocenters. The van der Waals surface area contributed by atoms with Crippen LogP contribution in [0.2, 0.25) is 0 Å². The number of hydrogen-bond donors (Lipinski definition) is 1. The lowest BCUT2D eigenvalue weighted by atomic mass is 10.2. The minimum atomic E-state index is 0.475. The van der Waals surface area contributed by atoms with Gasteiger partial charge in [-0.3, -0.25) is 0 Å². The van der Waals surface area contributed by atoms with Gasteiger partial charge in [0.05, 0.1) is 25.6 Å². The fraction of sp³-hybridized carbons (Fsp3) is 0.667. The molecule has 1 aromatic rings. The van der Waals surface area contributed by atoms with Gasteiger partial charge < -0.3 is 14.6 Å². The van der Waals surface area contributed by atoms with E-state index in [0.29, 0.717) is 12.1 Å². The average molecular weight is 181 g/mol. The summed E-state index contributed by atoms with van der Waals surface area (Å²) < 4.78 is 7.17. The molecule has 0 aliphatic carbocycles. The number of imidazole rings is 1. The summed E-state index contributed by atoms with van der Waals surface area (Å²) in [5, 5.41) is 3.48. The lowest BCUT2D eigenvalue weighted by Crippen LogP contribution is -2.50. The van der Waals surface area contributed by atoms with Crippen LogP contribution in [-0.4, -0.2) is 34.8 Å². The molecule has 2 rings (SSSR count). The van der Waals surface area contributed by atoms with Crippen molar-refractivity contribution in [2.75, 3.05) is 13.2 Å². The zero-order valence-corrected chi connectivity index (χ0v) is 7.81. The molecule has 1 aliphatic heterocycles. The Balaban J connectivity index is 1.74. The van der Waals surface area contributed by atoms with Crippen LogP contribution in [0.15, 0.2) is 18.7 Å². The Labute approximate surface area is 77.9 Å². The quantitative estimate of drug-likeness (QED) is 0.724. The summed E-state index contributed by atoms with van der Waals surface area (Å²) in [6.07, 6.45) is 5.63. The summed E-state index contributed by atoms with van der Waals surface area (Å²) in [7, 11) is 0. The first-order chi connectivity index (χ1) is 6.34. The molecule has 4 heteroatoms. The fourth-order valence-electron chi connectivity index (χ4n) is 1.50. The Bertz CT molecular complexity index is 243.